The van der Waals surface area contributed by atoms with E-state index < -0.39 is 0 Å². The van der Waals surface area contributed by atoms with Crippen molar-refractivity contribution in [3.05, 3.63) is 40.3 Å². The lowest BCUT2D eigenvalue weighted by Gasteiger charge is -2.08. The van der Waals surface area contributed by atoms with Crippen LogP contribution in [0.25, 0.3) is 11.3 Å². The van der Waals surface area contributed by atoms with Gasteiger partial charge in [0.2, 0.25) is 0 Å². The van der Waals surface area contributed by atoms with Crippen LogP contribution in [-0.2, 0) is 6.54 Å². The fourth-order valence-electron chi connectivity index (χ4n) is 2.04. The van der Waals surface area contributed by atoms with Gasteiger partial charge in [0, 0.05) is 35.8 Å². The third kappa shape index (κ3) is 1.93. The van der Waals surface area contributed by atoms with Gasteiger partial charge >= 0.3 is 0 Å². The Kier molecular flexibility index (Phi) is 3.43. The highest BCUT2D eigenvalue weighted by Crippen LogP contribution is 2.34. The highest BCUT2D eigenvalue weighted by molar-refractivity contribution is 9.10. The van der Waals surface area contributed by atoms with Gasteiger partial charge in [-0.15, -0.1) is 0 Å². The largest absolute Gasteiger partial charge is 0.343 e. The maximum absolute atomic E-state index is 11.1. The summed E-state index contributed by atoms with van der Waals surface area (Å²) in [5, 5.41) is 0. The molecule has 88 valence electrons. The predicted octanol–water partition coefficient (Wildman–Crippen LogP) is 3.45. The van der Waals surface area contributed by atoms with E-state index in [1.165, 1.54) is 0 Å². The maximum atomic E-state index is 11.1. The normalized spacial score (nSPS) is 10.5. The molecule has 0 N–H and O–H groups in total. The summed E-state index contributed by atoms with van der Waals surface area (Å²) in [5.41, 5.74) is 3.72. The van der Waals surface area contributed by atoms with Crippen LogP contribution in [0.3, 0.4) is 0 Å². The Hall–Kier alpha value is -1.42. The Labute approximate surface area is 109 Å². The van der Waals surface area contributed by atoms with Gasteiger partial charge in [0.15, 0.2) is 6.29 Å². The van der Waals surface area contributed by atoms with Crippen LogP contribution in [0.5, 0.6) is 0 Å². The number of carbonyl (C=O) groups is 1. The number of carbonyl (C=O) groups excluding carboxylic acids is 1. The standard InChI is InChI=1S/C13H13BrN2O/c1-3-16-9(2)11(8-17)12(14)13(16)10-5-4-6-15-7-10/h4-8H,3H2,1-2H3. The molecule has 0 bridgehead atoms. The van der Waals surface area contributed by atoms with Gasteiger partial charge in [-0.2, -0.15) is 0 Å². The van der Waals surface area contributed by atoms with Gasteiger partial charge in [0.25, 0.3) is 0 Å². The first-order chi connectivity index (χ1) is 8.20. The van der Waals surface area contributed by atoms with Crippen LogP contribution in [0, 0.1) is 6.92 Å². The summed E-state index contributed by atoms with van der Waals surface area (Å²) in [6.45, 7) is 4.84. The van der Waals surface area contributed by atoms with Crippen LogP contribution in [0.1, 0.15) is 23.0 Å². The summed E-state index contributed by atoms with van der Waals surface area (Å²) in [5.74, 6) is 0. The zero-order valence-corrected chi connectivity index (χ0v) is 11.4. The summed E-state index contributed by atoms with van der Waals surface area (Å²) in [6.07, 6.45) is 4.44. The van der Waals surface area contributed by atoms with Gasteiger partial charge in [-0.05, 0) is 41.9 Å². The summed E-state index contributed by atoms with van der Waals surface area (Å²) in [6, 6.07) is 3.89. The molecule has 0 aliphatic heterocycles. The van der Waals surface area contributed by atoms with E-state index in [1.807, 2.05) is 19.1 Å². The molecule has 0 atom stereocenters. The molecular weight excluding hydrogens is 280 g/mol. The van der Waals surface area contributed by atoms with Crippen LogP contribution in [-0.4, -0.2) is 15.8 Å². The second-order valence-electron chi connectivity index (χ2n) is 3.77. The van der Waals surface area contributed by atoms with Gasteiger partial charge in [-0.1, -0.05) is 0 Å². The molecule has 0 radical (unpaired) electrons. The monoisotopic (exact) mass is 292 g/mol. The number of hydrogen-bond donors (Lipinski definition) is 0. The zero-order chi connectivity index (χ0) is 12.4. The van der Waals surface area contributed by atoms with Gasteiger partial charge in [0.1, 0.15) is 0 Å². The third-order valence-electron chi connectivity index (χ3n) is 2.88. The van der Waals surface area contributed by atoms with Crippen molar-refractivity contribution in [2.75, 3.05) is 0 Å². The lowest BCUT2D eigenvalue weighted by molar-refractivity contribution is 0.112. The Balaban J connectivity index is 2.73. The molecule has 0 saturated carbocycles. The molecule has 0 saturated heterocycles. The first-order valence-corrected chi connectivity index (χ1v) is 6.24. The Morgan fingerprint density at radius 1 is 1.53 bits per heavy atom. The molecule has 2 aromatic heterocycles. The van der Waals surface area contributed by atoms with Gasteiger partial charge < -0.3 is 4.57 Å². The number of aromatic nitrogens is 2. The molecule has 2 aromatic rings. The van der Waals surface area contributed by atoms with Crippen molar-refractivity contribution in [1.29, 1.82) is 0 Å². The molecule has 3 nitrogen and oxygen atoms in total. The van der Waals surface area contributed by atoms with Crippen molar-refractivity contribution in [2.24, 2.45) is 0 Å². The van der Waals surface area contributed by atoms with Crippen molar-refractivity contribution in [2.45, 2.75) is 20.4 Å². The number of rotatable bonds is 3. The second kappa shape index (κ2) is 4.84. The van der Waals surface area contributed by atoms with E-state index in [-0.39, 0.29) is 0 Å². The highest BCUT2D eigenvalue weighted by Gasteiger charge is 2.18. The van der Waals surface area contributed by atoms with Crippen molar-refractivity contribution >= 4 is 22.2 Å². The zero-order valence-electron chi connectivity index (χ0n) is 9.77. The SMILES string of the molecule is CCn1c(C)c(C=O)c(Br)c1-c1cccnc1. The summed E-state index contributed by atoms with van der Waals surface area (Å²) in [4.78, 5) is 15.2. The minimum atomic E-state index is 0.714. The van der Waals surface area contributed by atoms with Crippen molar-refractivity contribution in [3.8, 4) is 11.3 Å². The van der Waals surface area contributed by atoms with E-state index in [0.29, 0.717) is 5.56 Å². The molecule has 0 spiro atoms. The van der Waals surface area contributed by atoms with Crippen LogP contribution in [0.2, 0.25) is 0 Å². The van der Waals surface area contributed by atoms with E-state index in [2.05, 4.69) is 32.4 Å². The third-order valence-corrected chi connectivity index (χ3v) is 3.68. The molecule has 4 heteroatoms. The van der Waals surface area contributed by atoms with Crippen molar-refractivity contribution < 1.29 is 4.79 Å². The molecular formula is C13H13BrN2O. The average Bonchev–Trinajstić information content (AvgIpc) is 2.61. The summed E-state index contributed by atoms with van der Waals surface area (Å²) >= 11 is 3.51. The summed E-state index contributed by atoms with van der Waals surface area (Å²) < 4.78 is 2.96. The highest BCUT2D eigenvalue weighted by atomic mass is 79.9. The Morgan fingerprint density at radius 3 is 2.82 bits per heavy atom. The number of nitrogens with zero attached hydrogens (tertiary/aromatic N) is 2. The van der Waals surface area contributed by atoms with E-state index in [1.54, 1.807) is 12.4 Å². The fourth-order valence-corrected chi connectivity index (χ4v) is 2.86. The minimum Gasteiger partial charge on any atom is -0.343 e. The molecule has 0 unspecified atom stereocenters. The molecule has 0 amide bonds. The topological polar surface area (TPSA) is 34.9 Å². The molecule has 0 aliphatic rings. The molecule has 0 aromatic carbocycles. The molecule has 2 rings (SSSR count). The minimum absolute atomic E-state index is 0.714. The quantitative estimate of drug-likeness (QED) is 0.812. The Morgan fingerprint density at radius 2 is 2.29 bits per heavy atom. The van der Waals surface area contributed by atoms with E-state index in [9.17, 15) is 4.79 Å². The molecule has 17 heavy (non-hydrogen) atoms. The average molecular weight is 293 g/mol. The smallest absolute Gasteiger partial charge is 0.153 e. The van der Waals surface area contributed by atoms with Crippen molar-refractivity contribution in [1.82, 2.24) is 9.55 Å². The fraction of sp³-hybridized carbons (Fsp3) is 0.231. The van der Waals surface area contributed by atoms with Gasteiger partial charge in [-0.3, -0.25) is 9.78 Å². The second-order valence-corrected chi connectivity index (χ2v) is 4.56. The van der Waals surface area contributed by atoms with Gasteiger partial charge in [0.05, 0.1) is 10.2 Å². The molecule has 2 heterocycles. The first kappa shape index (κ1) is 12.0. The first-order valence-electron chi connectivity index (χ1n) is 5.44. The number of halogens is 1. The number of hydrogen-bond acceptors (Lipinski definition) is 2. The van der Waals surface area contributed by atoms with Crippen LogP contribution in [0.4, 0.5) is 0 Å². The molecule has 0 fully saturated rings. The molecule has 0 aliphatic carbocycles. The van der Waals surface area contributed by atoms with E-state index in [4.69, 9.17) is 0 Å². The summed E-state index contributed by atoms with van der Waals surface area (Å²) in [7, 11) is 0. The Bertz CT molecular complexity index is 546. The van der Waals surface area contributed by atoms with Crippen LogP contribution in [0.15, 0.2) is 29.0 Å². The van der Waals surface area contributed by atoms with Crippen molar-refractivity contribution in [3.63, 3.8) is 0 Å². The van der Waals surface area contributed by atoms with Gasteiger partial charge in [-0.25, -0.2) is 0 Å². The number of pyridine rings is 1. The van der Waals surface area contributed by atoms with E-state index in [0.717, 1.165) is 34.3 Å². The van der Waals surface area contributed by atoms with Crippen LogP contribution < -0.4 is 0 Å². The van der Waals surface area contributed by atoms with E-state index >= 15 is 0 Å². The maximum Gasteiger partial charge on any atom is 0.153 e. The lowest BCUT2D eigenvalue weighted by Crippen LogP contribution is -2.00. The van der Waals surface area contributed by atoms with Crippen LogP contribution >= 0.6 is 15.9 Å². The number of aldehydes is 1. The predicted molar refractivity (Wildman–Crippen MR) is 71.2 cm³/mol. The lowest BCUT2D eigenvalue weighted by atomic mass is 10.2.